The SMILES string of the molecule is Cn1nccc1CCS(=O)(=O)c1c(N)cccc1Cl. The molecule has 7 heteroatoms. The van der Waals surface area contributed by atoms with E-state index in [1.54, 1.807) is 30.1 Å². The van der Waals surface area contributed by atoms with Gasteiger partial charge in [0.2, 0.25) is 0 Å². The molecule has 0 aliphatic carbocycles. The van der Waals surface area contributed by atoms with Gasteiger partial charge in [-0.3, -0.25) is 4.68 Å². The summed E-state index contributed by atoms with van der Waals surface area (Å²) in [5.41, 5.74) is 6.73. The number of anilines is 1. The van der Waals surface area contributed by atoms with Crippen LogP contribution in [0.1, 0.15) is 5.69 Å². The van der Waals surface area contributed by atoms with Crippen LogP contribution in [0.2, 0.25) is 5.02 Å². The Hall–Kier alpha value is -1.53. The molecule has 0 amide bonds. The molecule has 1 aromatic heterocycles. The van der Waals surface area contributed by atoms with Crippen molar-refractivity contribution < 1.29 is 8.42 Å². The first-order chi connectivity index (χ1) is 8.92. The average Bonchev–Trinajstić information content (AvgIpc) is 2.72. The highest BCUT2D eigenvalue weighted by Crippen LogP contribution is 2.28. The molecular weight excluding hydrogens is 286 g/mol. The Bertz CT molecular complexity index is 675. The van der Waals surface area contributed by atoms with Gasteiger partial charge in [0.05, 0.1) is 16.5 Å². The van der Waals surface area contributed by atoms with Crippen LogP contribution in [0.25, 0.3) is 0 Å². The molecule has 0 fully saturated rings. The Kier molecular flexibility index (Phi) is 3.82. The molecule has 0 saturated heterocycles. The highest BCUT2D eigenvalue weighted by molar-refractivity contribution is 7.91. The van der Waals surface area contributed by atoms with E-state index in [1.807, 2.05) is 0 Å². The molecule has 5 nitrogen and oxygen atoms in total. The molecule has 2 aromatic rings. The van der Waals surface area contributed by atoms with Gasteiger partial charge in [0.1, 0.15) is 4.90 Å². The third kappa shape index (κ3) is 2.90. The van der Waals surface area contributed by atoms with Gasteiger partial charge in [0.25, 0.3) is 0 Å². The summed E-state index contributed by atoms with van der Waals surface area (Å²) in [5.74, 6) is -0.0551. The quantitative estimate of drug-likeness (QED) is 0.871. The standard InChI is InChI=1S/C12H14ClN3O2S/c1-16-9(5-7-15-16)6-8-19(17,18)12-10(13)3-2-4-11(12)14/h2-5,7H,6,8,14H2,1H3. The van der Waals surface area contributed by atoms with Crippen molar-refractivity contribution in [3.63, 3.8) is 0 Å². The van der Waals surface area contributed by atoms with E-state index in [2.05, 4.69) is 5.10 Å². The lowest BCUT2D eigenvalue weighted by molar-refractivity contribution is 0.594. The van der Waals surface area contributed by atoms with Gasteiger partial charge in [-0.05, 0) is 18.2 Å². The van der Waals surface area contributed by atoms with E-state index >= 15 is 0 Å². The lowest BCUT2D eigenvalue weighted by Gasteiger charge is -2.09. The van der Waals surface area contributed by atoms with Crippen LogP contribution in [-0.4, -0.2) is 24.0 Å². The normalized spacial score (nSPS) is 11.7. The van der Waals surface area contributed by atoms with Gasteiger partial charge in [-0.25, -0.2) is 8.42 Å². The third-order valence-electron chi connectivity index (χ3n) is 2.86. The van der Waals surface area contributed by atoms with Crippen molar-refractivity contribution in [3.8, 4) is 0 Å². The highest BCUT2D eigenvalue weighted by atomic mass is 35.5. The number of aromatic nitrogens is 2. The molecule has 0 saturated carbocycles. The van der Waals surface area contributed by atoms with Gasteiger partial charge in [0, 0.05) is 25.4 Å². The molecule has 0 unspecified atom stereocenters. The second-order valence-corrected chi connectivity index (χ2v) is 6.63. The first-order valence-electron chi connectivity index (χ1n) is 5.65. The zero-order valence-corrected chi connectivity index (χ0v) is 11.9. The number of sulfone groups is 1. The van der Waals surface area contributed by atoms with Crippen molar-refractivity contribution in [2.75, 3.05) is 11.5 Å². The van der Waals surface area contributed by atoms with E-state index in [4.69, 9.17) is 17.3 Å². The minimum absolute atomic E-state index is 0.0128. The molecule has 19 heavy (non-hydrogen) atoms. The second kappa shape index (κ2) is 5.22. The Morgan fingerprint density at radius 1 is 1.37 bits per heavy atom. The van der Waals surface area contributed by atoms with Crippen LogP contribution in [0.4, 0.5) is 5.69 Å². The maximum Gasteiger partial charge on any atom is 0.182 e. The second-order valence-electron chi connectivity index (χ2n) is 4.17. The minimum atomic E-state index is -3.51. The summed E-state index contributed by atoms with van der Waals surface area (Å²) in [7, 11) is -1.74. The first-order valence-corrected chi connectivity index (χ1v) is 7.68. The predicted molar refractivity (Wildman–Crippen MR) is 74.8 cm³/mol. The van der Waals surface area contributed by atoms with Gasteiger partial charge in [-0.15, -0.1) is 0 Å². The van der Waals surface area contributed by atoms with E-state index in [9.17, 15) is 8.42 Å². The zero-order valence-electron chi connectivity index (χ0n) is 10.4. The summed E-state index contributed by atoms with van der Waals surface area (Å²) < 4.78 is 26.2. The van der Waals surface area contributed by atoms with Gasteiger partial charge < -0.3 is 5.73 Å². The van der Waals surface area contributed by atoms with Crippen molar-refractivity contribution in [1.29, 1.82) is 0 Å². The number of nitrogen functional groups attached to an aromatic ring is 1. The fraction of sp³-hybridized carbons (Fsp3) is 0.250. The van der Waals surface area contributed by atoms with Crippen LogP contribution in [0.3, 0.4) is 0 Å². The molecular formula is C12H14ClN3O2S. The van der Waals surface area contributed by atoms with Crippen molar-refractivity contribution >= 4 is 27.1 Å². The fourth-order valence-corrected chi connectivity index (χ4v) is 3.85. The Balaban J connectivity index is 2.26. The molecule has 2 N–H and O–H groups in total. The summed E-state index contributed by atoms with van der Waals surface area (Å²) >= 11 is 5.93. The van der Waals surface area contributed by atoms with Crippen LogP contribution < -0.4 is 5.73 Å². The summed E-state index contributed by atoms with van der Waals surface area (Å²) in [6.07, 6.45) is 2.00. The number of nitrogens with two attached hydrogens (primary N) is 1. The van der Waals surface area contributed by atoms with Crippen LogP contribution >= 0.6 is 11.6 Å². The van der Waals surface area contributed by atoms with Crippen LogP contribution in [-0.2, 0) is 23.3 Å². The fourth-order valence-electron chi connectivity index (χ4n) is 1.84. The maximum absolute atomic E-state index is 12.3. The lowest BCUT2D eigenvalue weighted by Crippen LogP contribution is -2.13. The van der Waals surface area contributed by atoms with Crippen LogP contribution in [0, 0.1) is 0 Å². The molecule has 1 aromatic carbocycles. The van der Waals surface area contributed by atoms with Gasteiger partial charge >= 0.3 is 0 Å². The largest absolute Gasteiger partial charge is 0.398 e. The Morgan fingerprint density at radius 3 is 2.68 bits per heavy atom. The van der Waals surface area contributed by atoms with Gasteiger partial charge in [-0.2, -0.15) is 5.10 Å². The first kappa shape index (κ1) is 13.9. The molecule has 0 aliphatic rings. The van der Waals surface area contributed by atoms with Crippen molar-refractivity contribution in [2.24, 2.45) is 7.05 Å². The number of hydrogen-bond acceptors (Lipinski definition) is 4. The third-order valence-corrected chi connectivity index (χ3v) is 5.10. The maximum atomic E-state index is 12.3. The van der Waals surface area contributed by atoms with Gasteiger partial charge in [0.15, 0.2) is 9.84 Å². The predicted octanol–water partition coefficient (Wildman–Crippen LogP) is 1.67. The number of hydrogen-bond donors (Lipinski definition) is 1. The monoisotopic (exact) mass is 299 g/mol. The number of nitrogens with zero attached hydrogens (tertiary/aromatic N) is 2. The Morgan fingerprint density at radius 2 is 2.11 bits per heavy atom. The summed E-state index contributed by atoms with van der Waals surface area (Å²) in [6.45, 7) is 0. The molecule has 0 radical (unpaired) electrons. The van der Waals surface area contributed by atoms with Crippen LogP contribution in [0.15, 0.2) is 35.4 Å². The van der Waals surface area contributed by atoms with E-state index in [-0.39, 0.29) is 21.4 Å². The number of rotatable bonds is 4. The summed E-state index contributed by atoms with van der Waals surface area (Å²) in [4.78, 5) is 0.0128. The summed E-state index contributed by atoms with van der Waals surface area (Å²) in [5, 5.41) is 4.15. The summed E-state index contributed by atoms with van der Waals surface area (Å²) in [6, 6.07) is 6.46. The van der Waals surface area contributed by atoms with E-state index in [0.717, 1.165) is 5.69 Å². The smallest absolute Gasteiger partial charge is 0.182 e. The van der Waals surface area contributed by atoms with E-state index < -0.39 is 9.84 Å². The van der Waals surface area contributed by atoms with E-state index in [0.29, 0.717) is 6.42 Å². The zero-order chi connectivity index (χ0) is 14.0. The molecule has 1 heterocycles. The molecule has 2 rings (SSSR count). The van der Waals surface area contributed by atoms with Crippen molar-refractivity contribution in [2.45, 2.75) is 11.3 Å². The van der Waals surface area contributed by atoms with Crippen molar-refractivity contribution in [3.05, 3.63) is 41.2 Å². The molecule has 0 bridgehead atoms. The van der Waals surface area contributed by atoms with E-state index in [1.165, 1.54) is 12.1 Å². The average molecular weight is 300 g/mol. The van der Waals surface area contributed by atoms with Gasteiger partial charge in [-0.1, -0.05) is 17.7 Å². The topological polar surface area (TPSA) is 78.0 Å². The number of halogens is 1. The molecule has 0 atom stereocenters. The van der Waals surface area contributed by atoms with Crippen molar-refractivity contribution in [1.82, 2.24) is 9.78 Å². The number of aryl methyl sites for hydroxylation is 2. The number of benzene rings is 1. The minimum Gasteiger partial charge on any atom is -0.398 e. The Labute approximate surface area is 116 Å². The lowest BCUT2D eigenvalue weighted by atomic mass is 10.3. The molecule has 102 valence electrons. The highest BCUT2D eigenvalue weighted by Gasteiger charge is 2.21. The molecule has 0 spiro atoms. The molecule has 0 aliphatic heterocycles. The van der Waals surface area contributed by atoms with Crippen LogP contribution in [0.5, 0.6) is 0 Å².